The van der Waals surface area contributed by atoms with Crippen LogP contribution in [-0.4, -0.2) is 30.4 Å². The van der Waals surface area contributed by atoms with Crippen molar-refractivity contribution in [2.45, 2.75) is 0 Å². The minimum absolute atomic E-state index is 0.274. The van der Waals surface area contributed by atoms with Gasteiger partial charge in [-0.05, 0) is 42.5 Å². The summed E-state index contributed by atoms with van der Waals surface area (Å²) >= 11 is 0. The van der Waals surface area contributed by atoms with E-state index in [1.807, 2.05) is 36.5 Å². The fraction of sp³-hybridized carbons (Fsp3) is 0. The second kappa shape index (κ2) is 6.94. The highest BCUT2D eigenvalue weighted by Crippen LogP contribution is 2.16. The van der Waals surface area contributed by atoms with Gasteiger partial charge in [0, 0.05) is 24.8 Å². The van der Waals surface area contributed by atoms with E-state index in [2.05, 4.69) is 25.3 Å². The topological polar surface area (TPSA) is 85.6 Å². The van der Waals surface area contributed by atoms with Gasteiger partial charge in [-0.2, -0.15) is 0 Å². The predicted octanol–water partition coefficient (Wildman–Crippen LogP) is 2.98. The van der Waals surface area contributed by atoms with Gasteiger partial charge in [0.2, 0.25) is 0 Å². The summed E-state index contributed by atoms with van der Waals surface area (Å²) in [5, 5.41) is 2.81. The Morgan fingerprint density at radius 2 is 1.88 bits per heavy atom. The van der Waals surface area contributed by atoms with Gasteiger partial charge in [0.15, 0.2) is 5.82 Å². The van der Waals surface area contributed by atoms with Crippen molar-refractivity contribution in [3.63, 3.8) is 0 Å². The molecule has 0 bridgehead atoms. The summed E-state index contributed by atoms with van der Waals surface area (Å²) in [6, 6.07) is 14.4. The first-order valence-electron chi connectivity index (χ1n) is 7.95. The van der Waals surface area contributed by atoms with Crippen molar-refractivity contribution in [1.82, 2.24) is 24.5 Å². The van der Waals surface area contributed by atoms with Crippen LogP contribution in [0.3, 0.4) is 0 Å². The number of rotatable bonds is 4. The minimum Gasteiger partial charge on any atom is -0.311 e. The van der Waals surface area contributed by atoms with Crippen molar-refractivity contribution in [3.05, 3.63) is 85.2 Å². The normalized spacial score (nSPS) is 10.5. The summed E-state index contributed by atoms with van der Waals surface area (Å²) in [7, 11) is 0. The molecule has 0 aliphatic heterocycles. The minimum atomic E-state index is -0.274. The van der Waals surface area contributed by atoms with E-state index in [0.29, 0.717) is 23.0 Å². The fourth-order valence-corrected chi connectivity index (χ4v) is 2.51. The Morgan fingerprint density at radius 1 is 0.923 bits per heavy atom. The third-order valence-electron chi connectivity index (χ3n) is 3.70. The number of amides is 1. The first-order chi connectivity index (χ1) is 12.8. The molecule has 0 saturated heterocycles. The van der Waals surface area contributed by atoms with Crippen molar-refractivity contribution in [1.29, 1.82) is 0 Å². The number of anilines is 1. The lowest BCUT2D eigenvalue weighted by Gasteiger charge is -2.09. The van der Waals surface area contributed by atoms with Crippen molar-refractivity contribution >= 4 is 11.7 Å². The summed E-state index contributed by atoms with van der Waals surface area (Å²) in [5.74, 6) is 0.583. The molecule has 26 heavy (non-hydrogen) atoms. The quantitative estimate of drug-likeness (QED) is 0.616. The number of carbonyl (C=O) groups excluding carboxylic acids is 1. The Balaban J connectivity index is 1.60. The summed E-state index contributed by atoms with van der Waals surface area (Å²) in [6.45, 7) is 0. The van der Waals surface area contributed by atoms with Crippen LogP contribution in [0.4, 0.5) is 5.82 Å². The zero-order valence-corrected chi connectivity index (χ0v) is 13.6. The molecular formula is C19H14N6O. The second-order valence-corrected chi connectivity index (χ2v) is 5.41. The molecule has 7 heteroatoms. The fourth-order valence-electron chi connectivity index (χ4n) is 2.51. The van der Waals surface area contributed by atoms with Gasteiger partial charge in [-0.1, -0.05) is 6.07 Å². The van der Waals surface area contributed by atoms with Gasteiger partial charge in [-0.3, -0.25) is 14.8 Å². The van der Waals surface area contributed by atoms with Gasteiger partial charge in [-0.25, -0.2) is 9.97 Å². The largest absolute Gasteiger partial charge is 0.311 e. The molecule has 0 unspecified atom stereocenters. The molecule has 4 aromatic rings. The molecule has 0 atom stereocenters. The Hall–Kier alpha value is -3.87. The molecule has 4 aromatic heterocycles. The number of hydrogen-bond donors (Lipinski definition) is 1. The van der Waals surface area contributed by atoms with E-state index in [1.165, 1.54) is 0 Å². The first kappa shape index (κ1) is 15.6. The van der Waals surface area contributed by atoms with Gasteiger partial charge in [-0.15, -0.1) is 0 Å². The van der Waals surface area contributed by atoms with Gasteiger partial charge >= 0.3 is 0 Å². The third-order valence-corrected chi connectivity index (χ3v) is 3.70. The Kier molecular flexibility index (Phi) is 4.17. The molecule has 0 aliphatic rings. The lowest BCUT2D eigenvalue weighted by atomic mass is 10.3. The number of hydrogen-bond acceptors (Lipinski definition) is 5. The molecule has 126 valence electrons. The van der Waals surface area contributed by atoms with Crippen molar-refractivity contribution in [2.75, 3.05) is 5.32 Å². The molecule has 1 amide bonds. The van der Waals surface area contributed by atoms with Crippen molar-refractivity contribution < 1.29 is 4.79 Å². The highest BCUT2D eigenvalue weighted by atomic mass is 16.2. The maximum Gasteiger partial charge on any atom is 0.273 e. The van der Waals surface area contributed by atoms with Crippen LogP contribution in [0.1, 0.15) is 10.5 Å². The zero-order chi connectivity index (χ0) is 17.8. The number of aromatic nitrogens is 5. The summed E-state index contributed by atoms with van der Waals surface area (Å²) in [4.78, 5) is 29.6. The van der Waals surface area contributed by atoms with E-state index >= 15 is 0 Å². The van der Waals surface area contributed by atoms with Crippen molar-refractivity contribution in [2.24, 2.45) is 0 Å². The molecule has 0 radical (unpaired) electrons. The van der Waals surface area contributed by atoms with Crippen LogP contribution in [0.5, 0.6) is 0 Å². The predicted molar refractivity (Wildman–Crippen MR) is 96.8 cm³/mol. The molecule has 0 aliphatic carbocycles. The lowest BCUT2D eigenvalue weighted by Crippen LogP contribution is -2.17. The van der Waals surface area contributed by atoms with E-state index in [1.54, 1.807) is 47.6 Å². The van der Waals surface area contributed by atoms with Gasteiger partial charge < -0.3 is 9.88 Å². The van der Waals surface area contributed by atoms with Crippen LogP contribution in [0.15, 0.2) is 79.5 Å². The molecule has 0 saturated carbocycles. The van der Waals surface area contributed by atoms with Crippen LogP contribution >= 0.6 is 0 Å². The van der Waals surface area contributed by atoms with E-state index < -0.39 is 0 Å². The van der Waals surface area contributed by atoms with Gasteiger partial charge in [0.1, 0.15) is 17.2 Å². The molecule has 0 aromatic carbocycles. The number of nitrogens with zero attached hydrogens (tertiary/aromatic N) is 5. The zero-order valence-electron chi connectivity index (χ0n) is 13.6. The molecule has 4 rings (SSSR count). The monoisotopic (exact) mass is 342 g/mol. The third kappa shape index (κ3) is 3.18. The highest BCUT2D eigenvalue weighted by Gasteiger charge is 2.13. The standard InChI is InChI=1S/C19H14N6O/c26-19(16-7-4-12-25(16)14-5-3-9-20-13-14)24-17-8-11-22-18(23-17)15-6-1-2-10-21-15/h1-13H,(H,22,23,24,26). The first-order valence-corrected chi connectivity index (χ1v) is 7.95. The van der Waals surface area contributed by atoms with Gasteiger partial charge in [0.25, 0.3) is 5.91 Å². The molecule has 7 nitrogen and oxygen atoms in total. The Labute approximate surface area is 149 Å². The highest BCUT2D eigenvalue weighted by molar-refractivity contribution is 6.03. The smallest absolute Gasteiger partial charge is 0.273 e. The van der Waals surface area contributed by atoms with Crippen molar-refractivity contribution in [3.8, 4) is 17.2 Å². The number of nitrogens with one attached hydrogen (secondary N) is 1. The maximum absolute atomic E-state index is 12.7. The Bertz CT molecular complexity index is 1030. The van der Waals surface area contributed by atoms with Crippen LogP contribution in [0, 0.1) is 0 Å². The average molecular weight is 342 g/mol. The molecule has 4 heterocycles. The van der Waals surface area contributed by atoms with Crippen LogP contribution in [0.25, 0.3) is 17.2 Å². The van der Waals surface area contributed by atoms with E-state index in [0.717, 1.165) is 5.69 Å². The number of pyridine rings is 2. The second-order valence-electron chi connectivity index (χ2n) is 5.41. The SMILES string of the molecule is O=C(Nc1ccnc(-c2ccccn2)n1)c1cccn1-c1cccnc1. The maximum atomic E-state index is 12.7. The lowest BCUT2D eigenvalue weighted by molar-refractivity contribution is 0.102. The van der Waals surface area contributed by atoms with Crippen LogP contribution in [0.2, 0.25) is 0 Å². The summed E-state index contributed by atoms with van der Waals surface area (Å²) in [5.41, 5.74) is 1.93. The average Bonchev–Trinajstić information content (AvgIpc) is 3.20. The van der Waals surface area contributed by atoms with E-state index in [4.69, 9.17) is 0 Å². The molecule has 0 fully saturated rings. The molecular weight excluding hydrogens is 328 g/mol. The van der Waals surface area contributed by atoms with E-state index in [-0.39, 0.29) is 5.91 Å². The summed E-state index contributed by atoms with van der Waals surface area (Å²) < 4.78 is 1.77. The van der Waals surface area contributed by atoms with Crippen LogP contribution in [-0.2, 0) is 0 Å². The molecule has 1 N–H and O–H groups in total. The number of carbonyl (C=O) groups is 1. The Morgan fingerprint density at radius 3 is 2.69 bits per heavy atom. The van der Waals surface area contributed by atoms with E-state index in [9.17, 15) is 4.79 Å². The van der Waals surface area contributed by atoms with Crippen LogP contribution < -0.4 is 5.32 Å². The van der Waals surface area contributed by atoms with Gasteiger partial charge in [0.05, 0.1) is 11.9 Å². The summed E-state index contributed by atoms with van der Waals surface area (Å²) in [6.07, 6.45) is 8.45. The molecule has 0 spiro atoms.